The Kier molecular flexibility index (Phi) is 5.84. The summed E-state index contributed by atoms with van der Waals surface area (Å²) in [4.78, 5) is 11.2. The average Bonchev–Trinajstić information content (AvgIpc) is 2.67. The van der Waals surface area contributed by atoms with E-state index in [1.165, 1.54) is 11.6 Å². The molecule has 136 valence electrons. The number of rotatable bonds is 7. The van der Waals surface area contributed by atoms with Gasteiger partial charge >= 0.3 is 5.97 Å². The van der Waals surface area contributed by atoms with E-state index in [1.807, 2.05) is 49.4 Å². The van der Waals surface area contributed by atoms with E-state index in [1.54, 1.807) is 24.4 Å². The molecule has 3 aromatic rings. The molecule has 0 bridgehead atoms. The Labute approximate surface area is 157 Å². The Morgan fingerprint density at radius 1 is 1.07 bits per heavy atom. The number of carboxylic acid groups (broad SMARTS) is 1. The minimum Gasteiger partial charge on any atom is -0.488 e. The molecule has 0 aliphatic carbocycles. The molecule has 0 spiro atoms. The molecule has 0 unspecified atom stereocenters. The fraction of sp³-hybridized carbons (Fsp3) is 0.0909. The molecule has 0 aliphatic rings. The second-order valence-electron chi connectivity index (χ2n) is 6.04. The molecular formula is C22H20N2O3. The highest BCUT2D eigenvalue weighted by Crippen LogP contribution is 2.19. The van der Waals surface area contributed by atoms with Gasteiger partial charge in [-0.25, -0.2) is 4.79 Å². The molecule has 0 heterocycles. The largest absolute Gasteiger partial charge is 0.488 e. The smallest absolute Gasteiger partial charge is 0.337 e. The van der Waals surface area contributed by atoms with Crippen LogP contribution in [0, 0.1) is 6.92 Å². The van der Waals surface area contributed by atoms with Crippen molar-refractivity contribution < 1.29 is 14.6 Å². The van der Waals surface area contributed by atoms with Gasteiger partial charge in [0.15, 0.2) is 0 Å². The Balaban J connectivity index is 1.71. The number of para-hydroxylation sites is 2. The number of carboxylic acids is 1. The van der Waals surface area contributed by atoms with Crippen molar-refractivity contribution in [3.05, 3.63) is 95.1 Å². The maximum atomic E-state index is 11.2. The van der Waals surface area contributed by atoms with Gasteiger partial charge in [0.2, 0.25) is 0 Å². The molecule has 3 rings (SSSR count). The summed E-state index contributed by atoms with van der Waals surface area (Å²) in [6, 6.07) is 22.3. The van der Waals surface area contributed by atoms with Gasteiger partial charge in [0.05, 0.1) is 17.5 Å². The van der Waals surface area contributed by atoms with Crippen molar-refractivity contribution in [1.29, 1.82) is 0 Å². The third kappa shape index (κ3) is 4.95. The molecule has 0 amide bonds. The summed E-state index contributed by atoms with van der Waals surface area (Å²) in [5.74, 6) is -0.300. The highest BCUT2D eigenvalue weighted by atomic mass is 16.5. The number of aryl methyl sites for hydroxylation is 1. The van der Waals surface area contributed by atoms with Gasteiger partial charge in [0, 0.05) is 5.56 Å². The predicted octanol–water partition coefficient (Wildman–Crippen LogP) is 4.72. The topological polar surface area (TPSA) is 70.9 Å². The molecule has 0 fully saturated rings. The minimum absolute atomic E-state index is 0.165. The summed E-state index contributed by atoms with van der Waals surface area (Å²) in [5.41, 5.74) is 6.46. The first-order valence-corrected chi connectivity index (χ1v) is 8.52. The van der Waals surface area contributed by atoms with Crippen molar-refractivity contribution in [2.75, 3.05) is 5.43 Å². The van der Waals surface area contributed by atoms with Crippen LogP contribution in [-0.4, -0.2) is 17.3 Å². The van der Waals surface area contributed by atoms with Crippen LogP contribution >= 0.6 is 0 Å². The molecule has 0 aliphatic heterocycles. The normalized spacial score (nSPS) is 10.7. The maximum Gasteiger partial charge on any atom is 0.337 e. The lowest BCUT2D eigenvalue weighted by molar-refractivity contribution is 0.0698. The quantitative estimate of drug-likeness (QED) is 0.472. The molecule has 5 heteroatoms. The van der Waals surface area contributed by atoms with Gasteiger partial charge < -0.3 is 9.84 Å². The third-order valence-corrected chi connectivity index (χ3v) is 3.94. The molecule has 0 saturated carbocycles. The van der Waals surface area contributed by atoms with E-state index < -0.39 is 5.97 Å². The number of nitrogens with one attached hydrogen (secondary N) is 1. The fourth-order valence-corrected chi connectivity index (χ4v) is 2.62. The number of carbonyl (C=O) groups is 1. The zero-order chi connectivity index (χ0) is 19.1. The zero-order valence-electron chi connectivity index (χ0n) is 14.9. The molecule has 27 heavy (non-hydrogen) atoms. The lowest BCUT2D eigenvalue weighted by Gasteiger charge is -2.10. The average molecular weight is 360 g/mol. The fourth-order valence-electron chi connectivity index (χ4n) is 2.62. The number of hydrogen-bond donors (Lipinski definition) is 2. The van der Waals surface area contributed by atoms with Crippen LogP contribution in [0.15, 0.2) is 77.9 Å². The molecule has 0 atom stereocenters. The number of hydrogen-bond acceptors (Lipinski definition) is 4. The maximum absolute atomic E-state index is 11.2. The number of hydrazone groups is 1. The summed E-state index contributed by atoms with van der Waals surface area (Å²) in [7, 11) is 0. The van der Waals surface area contributed by atoms with E-state index >= 15 is 0 Å². The highest BCUT2D eigenvalue weighted by molar-refractivity contribution is 5.94. The van der Waals surface area contributed by atoms with Crippen molar-refractivity contribution in [2.45, 2.75) is 13.5 Å². The molecule has 0 aromatic heterocycles. The van der Waals surface area contributed by atoms with Gasteiger partial charge in [-0.2, -0.15) is 5.10 Å². The van der Waals surface area contributed by atoms with Gasteiger partial charge in [-0.05, 0) is 36.8 Å². The van der Waals surface area contributed by atoms with Crippen LogP contribution in [0.3, 0.4) is 0 Å². The van der Waals surface area contributed by atoms with Crippen LogP contribution in [0.5, 0.6) is 5.75 Å². The van der Waals surface area contributed by atoms with Gasteiger partial charge in [0.25, 0.3) is 0 Å². The SMILES string of the molecule is Cc1cccc(COc2ccccc2/C=N/Nc2ccccc2C(=O)O)c1. The van der Waals surface area contributed by atoms with E-state index in [-0.39, 0.29) is 5.56 Å². The van der Waals surface area contributed by atoms with Gasteiger partial charge in [0.1, 0.15) is 12.4 Å². The first kappa shape index (κ1) is 18.2. The zero-order valence-corrected chi connectivity index (χ0v) is 14.9. The standard InChI is InChI=1S/C22H20N2O3/c1-16-7-6-8-17(13-16)15-27-21-12-5-2-9-18(21)14-23-24-20-11-4-3-10-19(20)22(25)26/h2-14,24H,15H2,1H3,(H,25,26)/b23-14+. The minimum atomic E-state index is -1.00. The summed E-state index contributed by atoms with van der Waals surface area (Å²) in [5, 5.41) is 13.4. The van der Waals surface area contributed by atoms with Crippen molar-refractivity contribution in [3.8, 4) is 5.75 Å². The molecule has 2 N–H and O–H groups in total. The Bertz CT molecular complexity index is 967. The van der Waals surface area contributed by atoms with E-state index in [4.69, 9.17) is 4.74 Å². The number of ether oxygens (including phenoxy) is 1. The second kappa shape index (κ2) is 8.67. The lowest BCUT2D eigenvalue weighted by atomic mass is 10.1. The molecule has 5 nitrogen and oxygen atoms in total. The van der Waals surface area contributed by atoms with Crippen molar-refractivity contribution in [1.82, 2.24) is 0 Å². The summed E-state index contributed by atoms with van der Waals surface area (Å²) >= 11 is 0. The summed E-state index contributed by atoms with van der Waals surface area (Å²) in [6.07, 6.45) is 1.62. The van der Waals surface area contributed by atoms with Gasteiger partial charge in [-0.3, -0.25) is 5.43 Å². The summed E-state index contributed by atoms with van der Waals surface area (Å²) < 4.78 is 5.93. The number of benzene rings is 3. The molecule has 0 saturated heterocycles. The third-order valence-electron chi connectivity index (χ3n) is 3.94. The number of nitrogens with zero attached hydrogens (tertiary/aromatic N) is 1. The van der Waals surface area contributed by atoms with Crippen molar-refractivity contribution in [3.63, 3.8) is 0 Å². The molecular weight excluding hydrogens is 340 g/mol. The highest BCUT2D eigenvalue weighted by Gasteiger charge is 2.08. The first-order chi connectivity index (χ1) is 13.1. The van der Waals surface area contributed by atoms with Crippen LogP contribution in [-0.2, 0) is 6.61 Å². The second-order valence-corrected chi connectivity index (χ2v) is 6.04. The Morgan fingerprint density at radius 3 is 2.67 bits per heavy atom. The predicted molar refractivity (Wildman–Crippen MR) is 107 cm³/mol. The summed E-state index contributed by atoms with van der Waals surface area (Å²) in [6.45, 7) is 2.51. The van der Waals surface area contributed by atoms with E-state index in [0.717, 1.165) is 11.1 Å². The van der Waals surface area contributed by atoms with E-state index in [0.29, 0.717) is 18.0 Å². The van der Waals surface area contributed by atoms with Crippen LogP contribution in [0.4, 0.5) is 5.69 Å². The Morgan fingerprint density at radius 2 is 1.85 bits per heavy atom. The number of anilines is 1. The lowest BCUT2D eigenvalue weighted by Crippen LogP contribution is -2.02. The van der Waals surface area contributed by atoms with Crippen LogP contribution in [0.1, 0.15) is 27.0 Å². The van der Waals surface area contributed by atoms with Crippen LogP contribution < -0.4 is 10.2 Å². The first-order valence-electron chi connectivity index (χ1n) is 8.52. The monoisotopic (exact) mass is 360 g/mol. The molecule has 0 radical (unpaired) electrons. The van der Waals surface area contributed by atoms with Gasteiger partial charge in [-0.1, -0.05) is 54.1 Å². The number of aromatic carboxylic acids is 1. The molecule has 3 aromatic carbocycles. The van der Waals surface area contributed by atoms with Crippen LogP contribution in [0.2, 0.25) is 0 Å². The van der Waals surface area contributed by atoms with Crippen molar-refractivity contribution in [2.24, 2.45) is 5.10 Å². The van der Waals surface area contributed by atoms with Crippen LogP contribution in [0.25, 0.3) is 0 Å². The Hall–Kier alpha value is -3.60. The van der Waals surface area contributed by atoms with E-state index in [9.17, 15) is 9.90 Å². The van der Waals surface area contributed by atoms with E-state index in [2.05, 4.69) is 16.6 Å². The van der Waals surface area contributed by atoms with Gasteiger partial charge in [-0.15, -0.1) is 0 Å². The van der Waals surface area contributed by atoms with Crippen molar-refractivity contribution >= 4 is 17.9 Å².